The smallest absolute Gasteiger partial charge is 0.274 e. The molecule has 0 N–H and O–H groups in total. The van der Waals surface area contributed by atoms with Crippen molar-refractivity contribution in [2.75, 3.05) is 0 Å². The van der Waals surface area contributed by atoms with Crippen LogP contribution in [0.2, 0.25) is 0 Å². The average molecular weight is 522 g/mol. The van der Waals surface area contributed by atoms with Gasteiger partial charge >= 0.3 is 0 Å². The number of benzene rings is 3. The minimum Gasteiger partial charge on any atom is -0.488 e. The highest BCUT2D eigenvalue weighted by atomic mass is 19.1. The van der Waals surface area contributed by atoms with Crippen LogP contribution in [0.15, 0.2) is 88.2 Å². The Labute approximate surface area is 226 Å². The van der Waals surface area contributed by atoms with E-state index in [1.54, 1.807) is 24.3 Å². The number of halogens is 1. The predicted molar refractivity (Wildman–Crippen MR) is 150 cm³/mol. The van der Waals surface area contributed by atoms with E-state index in [4.69, 9.17) is 9.26 Å². The van der Waals surface area contributed by atoms with Crippen molar-refractivity contribution in [1.82, 2.24) is 14.9 Å². The number of rotatable bonds is 8. The van der Waals surface area contributed by atoms with Crippen molar-refractivity contribution in [2.24, 2.45) is 0 Å². The third kappa shape index (κ3) is 5.72. The van der Waals surface area contributed by atoms with Gasteiger partial charge in [0.1, 0.15) is 23.9 Å². The lowest BCUT2D eigenvalue weighted by Crippen LogP contribution is -2.27. The van der Waals surface area contributed by atoms with Crippen molar-refractivity contribution in [3.8, 4) is 16.9 Å². The molecule has 3 aromatic carbocycles. The minimum absolute atomic E-state index is 0.216. The maximum atomic E-state index is 13.9. The van der Waals surface area contributed by atoms with Crippen molar-refractivity contribution in [2.45, 2.75) is 33.9 Å². The number of ether oxygens (including phenoxy) is 1. The highest BCUT2D eigenvalue weighted by Gasteiger charge is 2.20. The topological polar surface area (TPSA) is 70.2 Å². The summed E-state index contributed by atoms with van der Waals surface area (Å²) in [6, 6.07) is 23.7. The summed E-state index contributed by atoms with van der Waals surface area (Å²) in [5, 5.41) is 8.69. The van der Waals surface area contributed by atoms with Crippen LogP contribution in [0.4, 0.5) is 4.39 Å². The molecule has 196 valence electrons. The Morgan fingerprint density at radius 1 is 0.923 bits per heavy atom. The van der Waals surface area contributed by atoms with Gasteiger partial charge in [-0.05, 0) is 56.2 Å². The molecule has 0 saturated heterocycles. The van der Waals surface area contributed by atoms with Crippen molar-refractivity contribution in [1.29, 1.82) is 0 Å². The molecule has 0 unspecified atom stereocenters. The van der Waals surface area contributed by atoms with E-state index in [0.29, 0.717) is 46.2 Å². The Morgan fingerprint density at radius 2 is 1.69 bits per heavy atom. The number of aromatic nitrogens is 3. The second-order valence-electron chi connectivity index (χ2n) is 9.30. The maximum Gasteiger partial charge on any atom is 0.274 e. The Morgan fingerprint density at radius 3 is 2.44 bits per heavy atom. The molecule has 0 bridgehead atoms. The molecule has 2 aromatic heterocycles. The second kappa shape index (κ2) is 11.3. The van der Waals surface area contributed by atoms with E-state index < -0.39 is 0 Å². The van der Waals surface area contributed by atoms with Crippen LogP contribution >= 0.6 is 0 Å². The molecule has 0 spiro atoms. The zero-order valence-electron chi connectivity index (χ0n) is 22.0. The van der Waals surface area contributed by atoms with Gasteiger partial charge in [0, 0.05) is 16.7 Å². The average Bonchev–Trinajstić information content (AvgIpc) is 3.26. The fourth-order valence-electron chi connectivity index (χ4n) is 4.52. The monoisotopic (exact) mass is 521 g/mol. The van der Waals surface area contributed by atoms with Crippen molar-refractivity contribution in [3.63, 3.8) is 0 Å². The van der Waals surface area contributed by atoms with Gasteiger partial charge < -0.3 is 9.26 Å². The molecule has 5 aromatic rings. The molecule has 5 rings (SSSR count). The van der Waals surface area contributed by atoms with E-state index in [1.807, 2.05) is 75.4 Å². The Bertz CT molecular complexity index is 1680. The lowest BCUT2D eigenvalue weighted by Gasteiger charge is -2.17. The SMILES string of the molecule is Cc1noc(C)c1Cn1nc(C)c(-c2ccccc2OCc2ccccc2)c(C=Cc2cccc(F)c2)c1=O. The van der Waals surface area contributed by atoms with Crippen LogP contribution in [0.3, 0.4) is 0 Å². The van der Waals surface area contributed by atoms with Crippen LogP contribution in [-0.2, 0) is 13.2 Å². The molecule has 0 aliphatic carbocycles. The molecule has 7 heteroatoms. The van der Waals surface area contributed by atoms with E-state index in [9.17, 15) is 9.18 Å². The molecule has 2 heterocycles. The first-order chi connectivity index (χ1) is 18.9. The third-order valence-electron chi connectivity index (χ3n) is 6.54. The molecule has 0 saturated carbocycles. The van der Waals surface area contributed by atoms with Crippen LogP contribution in [-0.4, -0.2) is 14.9 Å². The predicted octanol–water partition coefficient (Wildman–Crippen LogP) is 6.76. The fourth-order valence-corrected chi connectivity index (χ4v) is 4.52. The van der Waals surface area contributed by atoms with Crippen LogP contribution in [0.5, 0.6) is 5.75 Å². The summed E-state index contributed by atoms with van der Waals surface area (Å²) in [4.78, 5) is 13.9. The van der Waals surface area contributed by atoms with Gasteiger partial charge in [-0.15, -0.1) is 0 Å². The number of hydrogen-bond acceptors (Lipinski definition) is 5. The van der Waals surface area contributed by atoms with Gasteiger partial charge in [0.2, 0.25) is 0 Å². The number of nitrogens with zero attached hydrogens (tertiary/aromatic N) is 3. The molecular weight excluding hydrogens is 493 g/mol. The minimum atomic E-state index is -0.348. The molecule has 0 aliphatic rings. The zero-order chi connectivity index (χ0) is 27.4. The molecule has 39 heavy (non-hydrogen) atoms. The molecular formula is C32H28FN3O3. The first kappa shape index (κ1) is 25.9. The van der Waals surface area contributed by atoms with E-state index >= 15 is 0 Å². The van der Waals surface area contributed by atoms with Crippen LogP contribution in [0.1, 0.15) is 39.4 Å². The quantitative estimate of drug-likeness (QED) is 0.226. The van der Waals surface area contributed by atoms with Gasteiger partial charge in [-0.25, -0.2) is 9.07 Å². The first-order valence-corrected chi connectivity index (χ1v) is 12.6. The van der Waals surface area contributed by atoms with Gasteiger partial charge in [0.25, 0.3) is 5.56 Å². The lowest BCUT2D eigenvalue weighted by atomic mass is 9.97. The standard InChI is InChI=1S/C32H28FN3O3/c1-21-29(23(3)39-35-21)19-36-32(37)28(17-16-24-12-9-13-26(33)18-24)31(22(2)34-36)27-14-7-8-15-30(27)38-20-25-10-5-4-6-11-25/h4-18H,19-20H2,1-3H3. The Balaban J connectivity index is 1.63. The molecule has 0 atom stereocenters. The van der Waals surface area contributed by atoms with Crippen LogP contribution in [0, 0.1) is 26.6 Å². The summed E-state index contributed by atoms with van der Waals surface area (Å²) in [5.41, 5.74) is 5.38. The highest BCUT2D eigenvalue weighted by Crippen LogP contribution is 2.34. The number of hydrogen-bond donors (Lipinski definition) is 0. The summed E-state index contributed by atoms with van der Waals surface area (Å²) in [5.74, 6) is 0.924. The van der Waals surface area contributed by atoms with E-state index in [-0.39, 0.29) is 17.9 Å². The maximum absolute atomic E-state index is 13.9. The summed E-state index contributed by atoms with van der Waals surface area (Å²) in [6.07, 6.45) is 3.45. The lowest BCUT2D eigenvalue weighted by molar-refractivity contribution is 0.307. The van der Waals surface area contributed by atoms with Gasteiger partial charge in [-0.2, -0.15) is 5.10 Å². The van der Waals surface area contributed by atoms with E-state index in [1.165, 1.54) is 16.8 Å². The zero-order valence-corrected chi connectivity index (χ0v) is 22.0. The second-order valence-corrected chi connectivity index (χ2v) is 9.30. The van der Waals surface area contributed by atoms with Gasteiger partial charge in [0.05, 0.1) is 23.5 Å². The van der Waals surface area contributed by atoms with Gasteiger partial charge in [-0.3, -0.25) is 4.79 Å². The summed E-state index contributed by atoms with van der Waals surface area (Å²) in [7, 11) is 0. The highest BCUT2D eigenvalue weighted by molar-refractivity contribution is 5.84. The molecule has 0 amide bonds. The largest absolute Gasteiger partial charge is 0.488 e. The molecule has 0 fully saturated rings. The molecule has 0 radical (unpaired) electrons. The van der Waals surface area contributed by atoms with Crippen LogP contribution < -0.4 is 10.3 Å². The van der Waals surface area contributed by atoms with Gasteiger partial charge in [-0.1, -0.05) is 71.9 Å². The number of para-hydroxylation sites is 1. The molecule has 0 aliphatic heterocycles. The summed E-state index contributed by atoms with van der Waals surface area (Å²) >= 11 is 0. The van der Waals surface area contributed by atoms with Crippen LogP contribution in [0.25, 0.3) is 23.3 Å². The fraction of sp³-hybridized carbons (Fsp3) is 0.156. The summed E-state index contributed by atoms with van der Waals surface area (Å²) < 4.78 is 26.8. The normalized spacial score (nSPS) is 11.3. The Kier molecular flexibility index (Phi) is 7.50. The summed E-state index contributed by atoms with van der Waals surface area (Å²) in [6.45, 7) is 6.11. The number of aryl methyl sites for hydroxylation is 3. The van der Waals surface area contributed by atoms with Gasteiger partial charge in [0.15, 0.2) is 0 Å². The third-order valence-corrected chi connectivity index (χ3v) is 6.54. The molecule has 6 nitrogen and oxygen atoms in total. The van der Waals surface area contributed by atoms with E-state index in [0.717, 1.165) is 16.7 Å². The van der Waals surface area contributed by atoms with Crippen molar-refractivity contribution >= 4 is 12.2 Å². The van der Waals surface area contributed by atoms with Crippen molar-refractivity contribution in [3.05, 3.63) is 134 Å². The first-order valence-electron chi connectivity index (χ1n) is 12.6. The van der Waals surface area contributed by atoms with E-state index in [2.05, 4.69) is 10.3 Å². The van der Waals surface area contributed by atoms with Crippen molar-refractivity contribution < 1.29 is 13.7 Å². The Hall–Kier alpha value is -4.78.